The van der Waals surface area contributed by atoms with E-state index in [1.807, 2.05) is 36.9 Å². The normalized spacial score (nSPS) is 17.8. The maximum Gasteiger partial charge on any atom is 0.416 e. The molecule has 1 amide bonds. The van der Waals surface area contributed by atoms with Crippen LogP contribution in [-0.4, -0.2) is 36.5 Å². The van der Waals surface area contributed by atoms with Gasteiger partial charge in [-0.2, -0.15) is 18.3 Å². The fourth-order valence-electron chi connectivity index (χ4n) is 5.42. The van der Waals surface area contributed by atoms with Gasteiger partial charge >= 0.3 is 6.18 Å². The number of benzene rings is 2. The van der Waals surface area contributed by atoms with Crippen LogP contribution in [0.5, 0.6) is 11.5 Å². The summed E-state index contributed by atoms with van der Waals surface area (Å²) in [6.45, 7) is 2.68. The Balaban J connectivity index is 1.46. The van der Waals surface area contributed by atoms with Crippen LogP contribution in [0, 0.1) is 12.8 Å². The zero-order valence-electron chi connectivity index (χ0n) is 22.0. The van der Waals surface area contributed by atoms with Crippen molar-refractivity contribution in [2.75, 3.05) is 26.1 Å². The van der Waals surface area contributed by atoms with Crippen molar-refractivity contribution < 1.29 is 27.4 Å². The van der Waals surface area contributed by atoms with E-state index in [-0.39, 0.29) is 11.5 Å². The number of rotatable bonds is 8. The number of nitrogens with zero attached hydrogens (tertiary/aromatic N) is 2. The van der Waals surface area contributed by atoms with E-state index in [9.17, 15) is 18.0 Å². The third-order valence-electron chi connectivity index (χ3n) is 7.39. The topological polar surface area (TPSA) is 91.4 Å². The molecule has 0 bridgehead atoms. The predicted octanol–water partition coefficient (Wildman–Crippen LogP) is 5.92. The first-order valence-corrected chi connectivity index (χ1v) is 12.5. The minimum absolute atomic E-state index is 0.00249. The molecule has 0 spiro atoms. The molecular formula is C28H33F3N4O3. The fourth-order valence-corrected chi connectivity index (χ4v) is 5.42. The zero-order valence-corrected chi connectivity index (χ0v) is 22.0. The number of hydrogen-bond acceptors (Lipinski definition) is 5. The molecule has 10 heteroatoms. The number of alkyl halides is 3. The molecule has 1 aliphatic carbocycles. The van der Waals surface area contributed by atoms with Gasteiger partial charge in [0.25, 0.3) is 0 Å². The molecule has 1 fully saturated rings. The van der Waals surface area contributed by atoms with E-state index in [4.69, 9.17) is 15.2 Å². The summed E-state index contributed by atoms with van der Waals surface area (Å²) in [5.74, 6) is 1.72. The van der Waals surface area contributed by atoms with Crippen molar-refractivity contribution in [3.63, 3.8) is 0 Å². The van der Waals surface area contributed by atoms with Crippen molar-refractivity contribution in [1.29, 1.82) is 0 Å². The molecule has 7 nitrogen and oxygen atoms in total. The molecule has 204 valence electrons. The summed E-state index contributed by atoms with van der Waals surface area (Å²) >= 11 is 0. The number of anilines is 1. The van der Waals surface area contributed by atoms with Crippen LogP contribution in [0.25, 0.3) is 11.1 Å². The molecule has 0 saturated heterocycles. The van der Waals surface area contributed by atoms with Crippen LogP contribution >= 0.6 is 0 Å². The molecule has 0 unspecified atom stereocenters. The van der Waals surface area contributed by atoms with E-state index in [0.717, 1.165) is 67.0 Å². The van der Waals surface area contributed by atoms with Crippen LogP contribution in [0.2, 0.25) is 0 Å². The Hall–Kier alpha value is -3.69. The Bertz CT molecular complexity index is 1310. The molecule has 0 aliphatic heterocycles. The zero-order chi connectivity index (χ0) is 27.6. The van der Waals surface area contributed by atoms with Crippen LogP contribution in [-0.2, 0) is 13.2 Å². The first-order chi connectivity index (χ1) is 18.0. The third-order valence-corrected chi connectivity index (χ3v) is 7.39. The summed E-state index contributed by atoms with van der Waals surface area (Å²) in [6, 6.07) is 9.11. The second kappa shape index (κ2) is 11.0. The molecule has 38 heavy (non-hydrogen) atoms. The number of carbonyl (C=O) groups is 1. The Labute approximate surface area is 220 Å². The second-order valence-electron chi connectivity index (χ2n) is 9.76. The van der Waals surface area contributed by atoms with E-state index in [1.165, 1.54) is 6.07 Å². The minimum atomic E-state index is -4.52. The van der Waals surface area contributed by atoms with Crippen molar-refractivity contribution in [3.05, 3.63) is 58.8 Å². The van der Waals surface area contributed by atoms with E-state index in [2.05, 4.69) is 10.4 Å². The van der Waals surface area contributed by atoms with Gasteiger partial charge in [0, 0.05) is 24.7 Å². The number of aromatic nitrogens is 2. The first-order valence-electron chi connectivity index (χ1n) is 12.5. The van der Waals surface area contributed by atoms with Gasteiger partial charge < -0.3 is 20.5 Å². The van der Waals surface area contributed by atoms with Crippen molar-refractivity contribution in [3.8, 4) is 22.6 Å². The highest BCUT2D eigenvalue weighted by Gasteiger charge is 2.33. The highest BCUT2D eigenvalue weighted by Crippen LogP contribution is 2.40. The van der Waals surface area contributed by atoms with Crippen molar-refractivity contribution in [1.82, 2.24) is 9.78 Å². The van der Waals surface area contributed by atoms with Gasteiger partial charge in [-0.1, -0.05) is 12.1 Å². The van der Waals surface area contributed by atoms with Gasteiger partial charge in [-0.3, -0.25) is 9.48 Å². The maximum atomic E-state index is 13.1. The Kier molecular flexibility index (Phi) is 7.89. The smallest absolute Gasteiger partial charge is 0.416 e. The minimum Gasteiger partial charge on any atom is -0.493 e. The number of halogens is 3. The molecular weight excluding hydrogens is 497 g/mol. The summed E-state index contributed by atoms with van der Waals surface area (Å²) in [4.78, 5) is 11.9. The lowest BCUT2D eigenvalue weighted by Crippen LogP contribution is -2.23. The molecule has 1 saturated carbocycles. The van der Waals surface area contributed by atoms with Crippen LogP contribution < -0.4 is 20.5 Å². The maximum absolute atomic E-state index is 13.1. The van der Waals surface area contributed by atoms with Gasteiger partial charge in [-0.05, 0) is 79.8 Å². The van der Waals surface area contributed by atoms with E-state index >= 15 is 0 Å². The molecule has 0 radical (unpaired) electrons. The lowest BCUT2D eigenvalue weighted by atomic mass is 9.77. The number of methoxy groups -OCH3 is 2. The number of ether oxygens (including phenoxy) is 2. The molecule has 1 aromatic heterocycles. The van der Waals surface area contributed by atoms with Crippen LogP contribution in [0.15, 0.2) is 36.4 Å². The fraction of sp³-hybridized carbons (Fsp3) is 0.429. The van der Waals surface area contributed by atoms with Gasteiger partial charge in [0.05, 0.1) is 25.5 Å². The summed E-state index contributed by atoms with van der Waals surface area (Å²) in [5.41, 5.74) is 7.98. The van der Waals surface area contributed by atoms with Gasteiger partial charge in [0.1, 0.15) is 5.82 Å². The number of carbonyl (C=O) groups excluding carboxylic acids is 1. The molecule has 3 N–H and O–H groups in total. The Morgan fingerprint density at radius 1 is 1.08 bits per heavy atom. The highest BCUT2D eigenvalue weighted by atomic mass is 19.4. The number of aryl methyl sites for hydroxylation is 2. The standard InChI is InChI=1S/C28H33F3N4O3/c1-16-25(19-9-12-23(37-3)24(13-19)38-4)27(35(2)34-16)33-15-17-5-7-18(8-6-17)21-11-10-20(28(29,30)31)14-22(21)26(32)36/h9-14,17-18,33H,5-8,15H2,1-4H3,(H2,32,36). The van der Waals surface area contributed by atoms with Crippen molar-refractivity contribution in [2.24, 2.45) is 18.7 Å². The number of hydrogen-bond donors (Lipinski definition) is 2. The predicted molar refractivity (Wildman–Crippen MR) is 140 cm³/mol. The van der Waals surface area contributed by atoms with E-state index in [0.29, 0.717) is 23.0 Å². The summed E-state index contributed by atoms with van der Waals surface area (Å²) in [6.07, 6.45) is -1.24. The summed E-state index contributed by atoms with van der Waals surface area (Å²) in [7, 11) is 5.09. The van der Waals surface area contributed by atoms with E-state index in [1.54, 1.807) is 14.2 Å². The Morgan fingerprint density at radius 2 is 1.76 bits per heavy atom. The number of nitrogens with two attached hydrogens (primary N) is 1. The average Bonchev–Trinajstić information content (AvgIpc) is 3.18. The van der Waals surface area contributed by atoms with Crippen LogP contribution in [0.3, 0.4) is 0 Å². The largest absolute Gasteiger partial charge is 0.493 e. The monoisotopic (exact) mass is 530 g/mol. The number of nitrogens with one attached hydrogen (secondary N) is 1. The molecule has 4 rings (SSSR count). The molecule has 3 aromatic rings. The van der Waals surface area contributed by atoms with Crippen LogP contribution in [0.4, 0.5) is 19.0 Å². The first kappa shape index (κ1) is 27.3. The van der Waals surface area contributed by atoms with Gasteiger partial charge in [-0.15, -0.1) is 0 Å². The van der Waals surface area contributed by atoms with Crippen molar-refractivity contribution in [2.45, 2.75) is 44.7 Å². The number of amides is 1. The molecule has 2 aromatic carbocycles. The second-order valence-corrected chi connectivity index (χ2v) is 9.76. The van der Waals surface area contributed by atoms with E-state index < -0.39 is 17.6 Å². The van der Waals surface area contributed by atoms with Crippen LogP contribution in [0.1, 0.15) is 58.8 Å². The van der Waals surface area contributed by atoms with Crippen molar-refractivity contribution >= 4 is 11.7 Å². The molecule has 1 aliphatic rings. The molecule has 0 atom stereocenters. The third kappa shape index (κ3) is 5.58. The highest BCUT2D eigenvalue weighted by molar-refractivity contribution is 5.94. The van der Waals surface area contributed by atoms with Gasteiger partial charge in [0.15, 0.2) is 11.5 Å². The van der Waals surface area contributed by atoms with Gasteiger partial charge in [0.2, 0.25) is 5.91 Å². The lowest BCUT2D eigenvalue weighted by Gasteiger charge is -2.30. The number of primary amides is 1. The summed E-state index contributed by atoms with van der Waals surface area (Å²) in [5, 5.41) is 8.18. The Morgan fingerprint density at radius 3 is 2.37 bits per heavy atom. The average molecular weight is 531 g/mol. The summed E-state index contributed by atoms with van der Waals surface area (Å²) < 4.78 is 52.1. The van der Waals surface area contributed by atoms with Gasteiger partial charge in [-0.25, -0.2) is 0 Å². The SMILES string of the molecule is COc1ccc(-c2c(C)nn(C)c2NCC2CCC(c3ccc(C(F)(F)F)cc3C(N)=O)CC2)cc1OC. The molecule has 1 heterocycles. The quantitative estimate of drug-likeness (QED) is 0.378. The lowest BCUT2D eigenvalue weighted by molar-refractivity contribution is -0.137.